The van der Waals surface area contributed by atoms with Crippen molar-refractivity contribution in [1.29, 1.82) is 0 Å². The molecule has 0 bridgehead atoms. The van der Waals surface area contributed by atoms with E-state index < -0.39 is 0 Å². The summed E-state index contributed by atoms with van der Waals surface area (Å²) in [6.07, 6.45) is 3.58. The zero-order chi connectivity index (χ0) is 11.5. The Balaban J connectivity index is 2.18. The minimum absolute atomic E-state index is 0.163. The number of hydrogen-bond acceptors (Lipinski definition) is 3. The number of hydrogen-bond donors (Lipinski definition) is 0. The molecule has 0 spiro atoms. The molecule has 0 unspecified atom stereocenters. The molecule has 1 aliphatic heterocycles. The van der Waals surface area contributed by atoms with E-state index in [-0.39, 0.29) is 10.6 Å². The Hall–Kier alpha value is -1.58. The molecule has 1 aromatic rings. The van der Waals surface area contributed by atoms with Crippen LogP contribution in [0.4, 0.5) is 11.4 Å². The SMILES string of the molecule is CC[C@@H]1CCCN1c1ccc([N+](=O)[O-])cc1. The molecule has 1 aromatic carbocycles. The van der Waals surface area contributed by atoms with Crippen LogP contribution in [0, 0.1) is 10.1 Å². The van der Waals surface area contributed by atoms with Crippen molar-refractivity contribution in [1.82, 2.24) is 0 Å². The van der Waals surface area contributed by atoms with Crippen molar-refractivity contribution in [2.24, 2.45) is 0 Å². The number of nitrogens with zero attached hydrogens (tertiary/aromatic N) is 2. The molecule has 1 atom stereocenters. The second kappa shape index (κ2) is 4.51. The summed E-state index contributed by atoms with van der Waals surface area (Å²) in [5, 5.41) is 10.5. The molecule has 1 fully saturated rings. The number of anilines is 1. The Bertz CT molecular complexity index is 375. The standard InChI is InChI=1S/C12H16N2O2/c1-2-10-4-3-9-13(10)11-5-7-12(8-6-11)14(15)16/h5-8,10H,2-4,9H2,1H3/t10-/m1/s1. The van der Waals surface area contributed by atoms with Crippen LogP contribution >= 0.6 is 0 Å². The molecule has 0 aromatic heterocycles. The van der Waals surface area contributed by atoms with Crippen molar-refractivity contribution < 1.29 is 4.92 Å². The van der Waals surface area contributed by atoms with Gasteiger partial charge in [0.25, 0.3) is 5.69 Å². The predicted molar refractivity (Wildman–Crippen MR) is 63.8 cm³/mol. The molecule has 4 nitrogen and oxygen atoms in total. The van der Waals surface area contributed by atoms with Gasteiger partial charge in [-0.05, 0) is 31.4 Å². The molecule has 16 heavy (non-hydrogen) atoms. The fraction of sp³-hybridized carbons (Fsp3) is 0.500. The fourth-order valence-electron chi connectivity index (χ4n) is 2.37. The van der Waals surface area contributed by atoms with Gasteiger partial charge in [-0.15, -0.1) is 0 Å². The highest BCUT2D eigenvalue weighted by atomic mass is 16.6. The van der Waals surface area contributed by atoms with E-state index in [0.717, 1.165) is 18.7 Å². The molecule has 0 amide bonds. The van der Waals surface area contributed by atoms with E-state index in [9.17, 15) is 10.1 Å². The van der Waals surface area contributed by atoms with Gasteiger partial charge in [0.15, 0.2) is 0 Å². The van der Waals surface area contributed by atoms with Crippen molar-refractivity contribution in [2.45, 2.75) is 32.2 Å². The third kappa shape index (κ3) is 2.01. The number of rotatable bonds is 3. The number of benzene rings is 1. The maximum Gasteiger partial charge on any atom is 0.269 e. The van der Waals surface area contributed by atoms with Gasteiger partial charge in [-0.25, -0.2) is 0 Å². The van der Waals surface area contributed by atoms with Crippen molar-refractivity contribution in [2.75, 3.05) is 11.4 Å². The first-order valence-corrected chi connectivity index (χ1v) is 5.73. The van der Waals surface area contributed by atoms with Gasteiger partial charge in [-0.1, -0.05) is 6.92 Å². The van der Waals surface area contributed by atoms with Gasteiger partial charge < -0.3 is 4.90 Å². The van der Waals surface area contributed by atoms with Crippen molar-refractivity contribution in [3.8, 4) is 0 Å². The van der Waals surface area contributed by atoms with E-state index in [1.54, 1.807) is 12.1 Å². The molecular weight excluding hydrogens is 204 g/mol. The summed E-state index contributed by atoms with van der Waals surface area (Å²) in [4.78, 5) is 12.5. The number of non-ortho nitro benzene ring substituents is 1. The van der Waals surface area contributed by atoms with Gasteiger partial charge in [-0.2, -0.15) is 0 Å². The fourth-order valence-corrected chi connectivity index (χ4v) is 2.37. The molecule has 0 radical (unpaired) electrons. The quantitative estimate of drug-likeness (QED) is 0.581. The minimum Gasteiger partial charge on any atom is -0.369 e. The van der Waals surface area contributed by atoms with E-state index in [1.165, 1.54) is 12.8 Å². The zero-order valence-corrected chi connectivity index (χ0v) is 9.43. The van der Waals surface area contributed by atoms with E-state index >= 15 is 0 Å². The summed E-state index contributed by atoms with van der Waals surface area (Å²) in [5.74, 6) is 0. The van der Waals surface area contributed by atoms with Crippen molar-refractivity contribution in [3.63, 3.8) is 0 Å². The summed E-state index contributed by atoms with van der Waals surface area (Å²) in [6.45, 7) is 3.25. The first kappa shape index (κ1) is 10.9. The molecule has 1 heterocycles. The highest BCUT2D eigenvalue weighted by molar-refractivity contribution is 5.52. The van der Waals surface area contributed by atoms with Crippen LogP contribution in [0.5, 0.6) is 0 Å². The summed E-state index contributed by atoms with van der Waals surface area (Å²) in [7, 11) is 0. The van der Waals surface area contributed by atoms with Crippen LogP contribution in [0.15, 0.2) is 24.3 Å². The Morgan fingerprint density at radius 3 is 2.69 bits per heavy atom. The minimum atomic E-state index is -0.356. The van der Waals surface area contributed by atoms with Gasteiger partial charge in [0, 0.05) is 30.4 Å². The van der Waals surface area contributed by atoms with Gasteiger partial charge in [0.05, 0.1) is 4.92 Å². The monoisotopic (exact) mass is 220 g/mol. The van der Waals surface area contributed by atoms with Gasteiger partial charge in [0.1, 0.15) is 0 Å². The average Bonchev–Trinajstić information content (AvgIpc) is 2.77. The van der Waals surface area contributed by atoms with Crippen LogP contribution in [-0.2, 0) is 0 Å². The second-order valence-electron chi connectivity index (χ2n) is 4.17. The third-order valence-corrected chi connectivity index (χ3v) is 3.24. The molecular formula is C12H16N2O2. The van der Waals surface area contributed by atoms with E-state index in [1.807, 2.05) is 12.1 Å². The lowest BCUT2D eigenvalue weighted by Crippen LogP contribution is -2.28. The van der Waals surface area contributed by atoms with Crippen LogP contribution in [0.3, 0.4) is 0 Å². The Kier molecular flexibility index (Phi) is 3.08. The highest BCUT2D eigenvalue weighted by Gasteiger charge is 2.23. The van der Waals surface area contributed by atoms with E-state index in [2.05, 4.69) is 11.8 Å². The first-order valence-electron chi connectivity index (χ1n) is 5.73. The second-order valence-corrected chi connectivity index (χ2v) is 4.17. The molecule has 0 aliphatic carbocycles. The Morgan fingerprint density at radius 2 is 2.12 bits per heavy atom. The van der Waals surface area contributed by atoms with E-state index in [0.29, 0.717) is 6.04 Å². The van der Waals surface area contributed by atoms with Crippen LogP contribution in [0.25, 0.3) is 0 Å². The molecule has 86 valence electrons. The predicted octanol–water partition coefficient (Wildman–Crippen LogP) is 2.97. The molecule has 0 N–H and O–H groups in total. The molecule has 0 saturated carbocycles. The lowest BCUT2D eigenvalue weighted by Gasteiger charge is -2.25. The van der Waals surface area contributed by atoms with E-state index in [4.69, 9.17) is 0 Å². The topological polar surface area (TPSA) is 46.4 Å². The number of nitro groups is 1. The van der Waals surface area contributed by atoms with Gasteiger partial charge in [0.2, 0.25) is 0 Å². The maximum atomic E-state index is 10.5. The van der Waals surface area contributed by atoms with Crippen LogP contribution in [0.2, 0.25) is 0 Å². The number of nitro benzene ring substituents is 1. The highest BCUT2D eigenvalue weighted by Crippen LogP contribution is 2.28. The summed E-state index contributed by atoms with van der Waals surface area (Å²) in [5.41, 5.74) is 1.27. The van der Waals surface area contributed by atoms with Crippen LogP contribution in [-0.4, -0.2) is 17.5 Å². The molecule has 1 saturated heterocycles. The zero-order valence-electron chi connectivity index (χ0n) is 9.43. The Labute approximate surface area is 95.0 Å². The van der Waals surface area contributed by atoms with Crippen LogP contribution < -0.4 is 4.90 Å². The maximum absolute atomic E-state index is 10.5. The molecule has 4 heteroatoms. The summed E-state index contributed by atoms with van der Waals surface area (Å²) >= 11 is 0. The van der Waals surface area contributed by atoms with Crippen LogP contribution in [0.1, 0.15) is 26.2 Å². The smallest absolute Gasteiger partial charge is 0.269 e. The van der Waals surface area contributed by atoms with Gasteiger partial charge in [-0.3, -0.25) is 10.1 Å². The molecule has 2 rings (SSSR count). The van der Waals surface area contributed by atoms with Crippen molar-refractivity contribution in [3.05, 3.63) is 34.4 Å². The third-order valence-electron chi connectivity index (χ3n) is 3.24. The normalized spacial score (nSPS) is 20.1. The summed E-state index contributed by atoms with van der Waals surface area (Å²) in [6, 6.07) is 7.47. The van der Waals surface area contributed by atoms with Crippen molar-refractivity contribution >= 4 is 11.4 Å². The Morgan fingerprint density at radius 1 is 1.44 bits per heavy atom. The summed E-state index contributed by atoms with van der Waals surface area (Å²) < 4.78 is 0. The average molecular weight is 220 g/mol. The van der Waals surface area contributed by atoms with Gasteiger partial charge >= 0.3 is 0 Å². The lowest BCUT2D eigenvalue weighted by molar-refractivity contribution is -0.384. The largest absolute Gasteiger partial charge is 0.369 e. The molecule has 1 aliphatic rings. The first-order chi connectivity index (χ1) is 7.72. The lowest BCUT2D eigenvalue weighted by atomic mass is 10.1.